The van der Waals surface area contributed by atoms with Crippen molar-refractivity contribution >= 4 is 17.7 Å². The maximum Gasteiger partial charge on any atom is 0.230 e. The van der Waals surface area contributed by atoms with E-state index in [0.29, 0.717) is 36.0 Å². The Kier molecular flexibility index (Phi) is 6.49. The van der Waals surface area contributed by atoms with Crippen LogP contribution in [-0.2, 0) is 11.3 Å². The molecular formula is C18H25N5O2S. The molecule has 140 valence electrons. The lowest BCUT2D eigenvalue weighted by Gasteiger charge is -2.13. The summed E-state index contributed by atoms with van der Waals surface area (Å²) in [5.41, 5.74) is 0.984. The molecule has 1 amide bonds. The second-order valence-corrected chi connectivity index (χ2v) is 7.78. The van der Waals surface area contributed by atoms with Gasteiger partial charge < -0.3 is 10.1 Å². The molecule has 1 heterocycles. The molecule has 0 unspecified atom stereocenters. The van der Waals surface area contributed by atoms with Crippen LogP contribution < -0.4 is 10.1 Å². The van der Waals surface area contributed by atoms with Crippen LogP contribution in [0.15, 0.2) is 29.4 Å². The van der Waals surface area contributed by atoms with E-state index in [4.69, 9.17) is 4.74 Å². The topological polar surface area (TPSA) is 81.9 Å². The lowest BCUT2D eigenvalue weighted by Crippen LogP contribution is -2.25. The van der Waals surface area contributed by atoms with Crippen molar-refractivity contribution in [2.75, 3.05) is 12.4 Å². The van der Waals surface area contributed by atoms with Crippen LogP contribution >= 0.6 is 11.8 Å². The Balaban J connectivity index is 1.46. The molecule has 1 saturated carbocycles. The second kappa shape index (κ2) is 9.02. The Morgan fingerprint density at radius 2 is 2.19 bits per heavy atom. The third-order valence-electron chi connectivity index (χ3n) is 4.09. The van der Waals surface area contributed by atoms with Crippen LogP contribution in [0.3, 0.4) is 0 Å². The highest BCUT2D eigenvalue weighted by atomic mass is 32.2. The first-order valence-corrected chi connectivity index (χ1v) is 10.00. The highest BCUT2D eigenvalue weighted by Gasteiger charge is 2.28. The molecule has 1 aliphatic carbocycles. The number of carbonyl (C=O) groups is 1. The largest absolute Gasteiger partial charge is 0.493 e. The van der Waals surface area contributed by atoms with E-state index in [1.165, 1.54) is 11.8 Å². The van der Waals surface area contributed by atoms with Crippen molar-refractivity contribution in [2.24, 2.45) is 5.92 Å². The molecule has 0 spiro atoms. The molecule has 1 aliphatic rings. The zero-order valence-corrected chi connectivity index (χ0v) is 16.0. The number of aromatic nitrogens is 4. The summed E-state index contributed by atoms with van der Waals surface area (Å²) in [5, 5.41) is 15.3. The van der Waals surface area contributed by atoms with Crippen LogP contribution in [0.25, 0.3) is 0 Å². The number of tetrazole rings is 1. The van der Waals surface area contributed by atoms with Gasteiger partial charge in [-0.15, -0.1) is 5.10 Å². The van der Waals surface area contributed by atoms with E-state index in [1.54, 1.807) is 0 Å². The number of hydrogen-bond acceptors (Lipinski definition) is 6. The van der Waals surface area contributed by atoms with Gasteiger partial charge in [0.25, 0.3) is 0 Å². The average Bonchev–Trinajstić information content (AvgIpc) is 3.36. The predicted molar refractivity (Wildman–Crippen MR) is 100 cm³/mol. The third-order valence-corrected chi connectivity index (χ3v) is 5.02. The van der Waals surface area contributed by atoms with Crippen molar-refractivity contribution < 1.29 is 9.53 Å². The zero-order valence-electron chi connectivity index (χ0n) is 15.2. The maximum absolute atomic E-state index is 12.2. The smallest absolute Gasteiger partial charge is 0.230 e. The first kappa shape index (κ1) is 18.7. The molecular weight excluding hydrogens is 350 g/mol. The van der Waals surface area contributed by atoms with Gasteiger partial charge in [0.1, 0.15) is 5.75 Å². The summed E-state index contributed by atoms with van der Waals surface area (Å²) in [6, 6.07) is 8.23. The van der Waals surface area contributed by atoms with Crippen LogP contribution in [-0.4, -0.2) is 38.5 Å². The van der Waals surface area contributed by atoms with Gasteiger partial charge >= 0.3 is 0 Å². The van der Waals surface area contributed by atoms with E-state index in [2.05, 4.69) is 34.7 Å². The minimum atomic E-state index is -0.0441. The Bertz CT molecular complexity index is 730. The van der Waals surface area contributed by atoms with Crippen molar-refractivity contribution in [1.82, 2.24) is 25.5 Å². The fourth-order valence-electron chi connectivity index (χ4n) is 2.40. The van der Waals surface area contributed by atoms with E-state index >= 15 is 0 Å². The van der Waals surface area contributed by atoms with Gasteiger partial charge in [-0.1, -0.05) is 43.8 Å². The monoisotopic (exact) mass is 375 g/mol. The summed E-state index contributed by atoms with van der Waals surface area (Å²) in [7, 11) is 0. The molecule has 1 aromatic carbocycles. The van der Waals surface area contributed by atoms with Crippen LogP contribution in [0.2, 0.25) is 0 Å². The Hall–Kier alpha value is -2.09. The predicted octanol–water partition coefficient (Wildman–Crippen LogP) is 2.84. The number of thioether (sulfide) groups is 1. The molecule has 2 aromatic rings. The fraction of sp³-hybridized carbons (Fsp3) is 0.556. The minimum absolute atomic E-state index is 0.0441. The van der Waals surface area contributed by atoms with E-state index in [0.717, 1.165) is 30.6 Å². The van der Waals surface area contributed by atoms with Crippen molar-refractivity contribution in [3.8, 4) is 5.75 Å². The van der Waals surface area contributed by atoms with Gasteiger partial charge in [-0.25, -0.2) is 4.68 Å². The number of nitrogens with one attached hydrogen (secondary N) is 1. The lowest BCUT2D eigenvalue weighted by atomic mass is 10.1. The van der Waals surface area contributed by atoms with Gasteiger partial charge in [0.05, 0.1) is 18.4 Å². The lowest BCUT2D eigenvalue weighted by molar-refractivity contribution is -0.118. The van der Waals surface area contributed by atoms with Gasteiger partial charge in [-0.2, -0.15) is 0 Å². The molecule has 26 heavy (non-hydrogen) atoms. The first-order valence-electron chi connectivity index (χ1n) is 9.01. The Morgan fingerprint density at radius 1 is 1.38 bits per heavy atom. The van der Waals surface area contributed by atoms with E-state index in [-0.39, 0.29) is 5.91 Å². The normalized spacial score (nSPS) is 13.8. The van der Waals surface area contributed by atoms with Gasteiger partial charge in [0.2, 0.25) is 11.1 Å². The SMILES string of the molecule is CC(C)CCOc1ccccc1CNC(=O)CSc1nnnn1C1CC1. The van der Waals surface area contributed by atoms with Gasteiger partial charge in [0, 0.05) is 12.1 Å². The molecule has 7 nitrogen and oxygen atoms in total. The van der Waals surface area contributed by atoms with Crippen molar-refractivity contribution in [1.29, 1.82) is 0 Å². The number of hydrogen-bond donors (Lipinski definition) is 1. The molecule has 1 fully saturated rings. The van der Waals surface area contributed by atoms with Crippen LogP contribution in [0.5, 0.6) is 5.75 Å². The number of benzene rings is 1. The fourth-order valence-corrected chi connectivity index (χ4v) is 3.17. The summed E-state index contributed by atoms with van der Waals surface area (Å²) < 4.78 is 7.68. The molecule has 0 radical (unpaired) electrons. The Labute approximate surface area is 157 Å². The van der Waals surface area contributed by atoms with E-state index in [9.17, 15) is 4.79 Å². The molecule has 0 atom stereocenters. The standard InChI is InChI=1S/C18H25N5O2S/c1-13(2)9-10-25-16-6-4-3-5-14(16)11-19-17(24)12-26-18-20-21-22-23(18)15-7-8-15/h3-6,13,15H,7-12H2,1-2H3,(H,19,24). The number of para-hydroxylation sites is 1. The van der Waals surface area contributed by atoms with E-state index < -0.39 is 0 Å². The van der Waals surface area contributed by atoms with Crippen molar-refractivity contribution in [2.45, 2.75) is 50.9 Å². The number of carbonyl (C=O) groups excluding carboxylic acids is 1. The average molecular weight is 375 g/mol. The van der Waals surface area contributed by atoms with Crippen LogP contribution in [0, 0.1) is 5.92 Å². The summed E-state index contributed by atoms with van der Waals surface area (Å²) in [4.78, 5) is 12.2. The molecule has 0 bridgehead atoms. The van der Waals surface area contributed by atoms with E-state index in [1.807, 2.05) is 28.9 Å². The van der Waals surface area contributed by atoms with Gasteiger partial charge in [-0.3, -0.25) is 4.79 Å². The summed E-state index contributed by atoms with van der Waals surface area (Å²) >= 11 is 1.37. The minimum Gasteiger partial charge on any atom is -0.493 e. The number of rotatable bonds is 10. The first-order chi connectivity index (χ1) is 12.6. The van der Waals surface area contributed by atoms with Gasteiger partial charge in [-0.05, 0) is 41.7 Å². The highest BCUT2D eigenvalue weighted by molar-refractivity contribution is 7.99. The number of ether oxygens (including phenoxy) is 1. The quantitative estimate of drug-likeness (QED) is 0.643. The summed E-state index contributed by atoms with van der Waals surface area (Å²) in [5.74, 6) is 1.69. The Morgan fingerprint density at radius 3 is 2.96 bits per heavy atom. The summed E-state index contributed by atoms with van der Waals surface area (Å²) in [6.45, 7) is 5.48. The molecule has 8 heteroatoms. The molecule has 1 aromatic heterocycles. The van der Waals surface area contributed by atoms with Gasteiger partial charge in [0.15, 0.2) is 0 Å². The third kappa shape index (κ3) is 5.45. The van der Waals surface area contributed by atoms with Crippen LogP contribution in [0.4, 0.5) is 0 Å². The van der Waals surface area contributed by atoms with Crippen LogP contribution in [0.1, 0.15) is 44.7 Å². The molecule has 0 aliphatic heterocycles. The summed E-state index contributed by atoms with van der Waals surface area (Å²) in [6.07, 6.45) is 3.23. The highest BCUT2D eigenvalue weighted by Crippen LogP contribution is 2.36. The molecule has 3 rings (SSSR count). The number of amides is 1. The molecule has 0 saturated heterocycles. The maximum atomic E-state index is 12.2. The second-order valence-electron chi connectivity index (χ2n) is 6.84. The van der Waals surface area contributed by atoms with Crippen molar-refractivity contribution in [3.63, 3.8) is 0 Å². The number of nitrogens with zero attached hydrogens (tertiary/aromatic N) is 4. The molecule has 1 N–H and O–H groups in total. The van der Waals surface area contributed by atoms with Crippen molar-refractivity contribution in [3.05, 3.63) is 29.8 Å². The zero-order chi connectivity index (χ0) is 18.4.